The molecule has 1 aliphatic heterocycles. The predicted octanol–water partition coefficient (Wildman–Crippen LogP) is 2.79. The van der Waals surface area contributed by atoms with E-state index >= 15 is 0 Å². The van der Waals surface area contributed by atoms with E-state index in [4.69, 9.17) is 4.74 Å². The van der Waals surface area contributed by atoms with Gasteiger partial charge in [0.15, 0.2) is 0 Å². The predicted molar refractivity (Wildman–Crippen MR) is 46.2 cm³/mol. The van der Waals surface area contributed by atoms with Crippen LogP contribution in [-0.4, -0.2) is 11.1 Å². The summed E-state index contributed by atoms with van der Waals surface area (Å²) in [7, 11) is 0. The van der Waals surface area contributed by atoms with Crippen LogP contribution in [0.1, 0.15) is 27.2 Å². The Morgan fingerprint density at radius 3 is 2.10 bits per heavy atom. The van der Waals surface area contributed by atoms with Gasteiger partial charge in [0.2, 0.25) is 0 Å². The molecule has 0 radical (unpaired) electrons. The Hall–Kier alpha value is 0.440. The first-order valence-corrected chi connectivity index (χ1v) is 4.88. The minimum Gasteiger partial charge on any atom is -0.363 e. The lowest BCUT2D eigenvalue weighted by molar-refractivity contribution is 0.0768. The van der Waals surface area contributed by atoms with Crippen LogP contribution in [0.5, 0.6) is 0 Å². The van der Waals surface area contributed by atoms with Gasteiger partial charge in [0.1, 0.15) is 5.01 Å². The molecule has 1 nitrogen and oxygen atoms in total. The maximum absolute atomic E-state index is 5.65. The molecule has 0 saturated carbocycles. The molecule has 10 heavy (non-hydrogen) atoms. The van der Waals surface area contributed by atoms with Crippen LogP contribution < -0.4 is 0 Å². The molecule has 60 valence electrons. The van der Waals surface area contributed by atoms with Gasteiger partial charge in [0, 0.05) is 0 Å². The molecule has 1 fully saturated rings. The van der Waals surface area contributed by atoms with Gasteiger partial charge in [-0.1, -0.05) is 36.7 Å². The van der Waals surface area contributed by atoms with Gasteiger partial charge in [0.05, 0.1) is 6.10 Å². The first-order valence-electron chi connectivity index (χ1n) is 3.96. The number of halogens is 1. The summed E-state index contributed by atoms with van der Waals surface area (Å²) in [5.41, 5.74) is 0. The van der Waals surface area contributed by atoms with Crippen molar-refractivity contribution >= 4 is 15.9 Å². The number of ether oxygens (including phenoxy) is 1. The number of hydrogen-bond acceptors (Lipinski definition) is 1. The SMILES string of the molecule is CC[C@H]1OC(Br)[C@@H](C)C1C. The average molecular weight is 207 g/mol. The molecule has 1 aliphatic rings. The Morgan fingerprint density at radius 2 is 1.90 bits per heavy atom. The quantitative estimate of drug-likeness (QED) is 0.600. The van der Waals surface area contributed by atoms with E-state index in [1.807, 2.05) is 0 Å². The summed E-state index contributed by atoms with van der Waals surface area (Å²) in [6.07, 6.45) is 1.60. The molecule has 0 spiro atoms. The molecule has 2 heteroatoms. The molecule has 4 atom stereocenters. The summed E-state index contributed by atoms with van der Waals surface area (Å²) in [4.78, 5) is 0. The molecular formula is C8H15BrO. The van der Waals surface area contributed by atoms with Crippen molar-refractivity contribution in [2.24, 2.45) is 11.8 Å². The van der Waals surface area contributed by atoms with E-state index in [-0.39, 0.29) is 5.01 Å². The van der Waals surface area contributed by atoms with Gasteiger partial charge in [-0.3, -0.25) is 0 Å². The third-order valence-electron chi connectivity index (χ3n) is 2.54. The van der Waals surface area contributed by atoms with E-state index in [1.165, 1.54) is 0 Å². The minimum absolute atomic E-state index is 0.285. The Morgan fingerprint density at radius 1 is 1.30 bits per heavy atom. The van der Waals surface area contributed by atoms with Gasteiger partial charge < -0.3 is 4.74 Å². The highest BCUT2D eigenvalue weighted by atomic mass is 79.9. The fourth-order valence-electron chi connectivity index (χ4n) is 1.46. The highest BCUT2D eigenvalue weighted by molar-refractivity contribution is 9.09. The molecule has 0 amide bonds. The second-order valence-corrected chi connectivity index (χ2v) is 4.05. The molecule has 1 rings (SSSR count). The summed E-state index contributed by atoms with van der Waals surface area (Å²) in [5.74, 6) is 1.36. The summed E-state index contributed by atoms with van der Waals surface area (Å²) in [6, 6.07) is 0. The van der Waals surface area contributed by atoms with Crippen molar-refractivity contribution in [1.29, 1.82) is 0 Å². The van der Waals surface area contributed by atoms with Crippen LogP contribution in [0.25, 0.3) is 0 Å². The van der Waals surface area contributed by atoms with Crippen molar-refractivity contribution in [2.75, 3.05) is 0 Å². The van der Waals surface area contributed by atoms with E-state index in [0.29, 0.717) is 17.9 Å². The van der Waals surface area contributed by atoms with Crippen molar-refractivity contribution in [2.45, 2.75) is 38.3 Å². The zero-order chi connectivity index (χ0) is 7.72. The van der Waals surface area contributed by atoms with Gasteiger partial charge in [-0.05, 0) is 18.3 Å². The van der Waals surface area contributed by atoms with E-state index < -0.39 is 0 Å². The van der Waals surface area contributed by atoms with Crippen molar-refractivity contribution in [3.05, 3.63) is 0 Å². The highest BCUT2D eigenvalue weighted by Crippen LogP contribution is 2.36. The monoisotopic (exact) mass is 206 g/mol. The smallest absolute Gasteiger partial charge is 0.115 e. The van der Waals surface area contributed by atoms with E-state index in [1.54, 1.807) is 0 Å². The van der Waals surface area contributed by atoms with Crippen LogP contribution in [0.3, 0.4) is 0 Å². The molecule has 0 aliphatic carbocycles. The second kappa shape index (κ2) is 3.22. The zero-order valence-electron chi connectivity index (χ0n) is 6.80. The first kappa shape index (κ1) is 8.54. The third-order valence-corrected chi connectivity index (χ3v) is 3.59. The van der Waals surface area contributed by atoms with Crippen LogP contribution in [-0.2, 0) is 4.74 Å². The van der Waals surface area contributed by atoms with Crippen LogP contribution in [0.2, 0.25) is 0 Å². The molecule has 0 aromatic heterocycles. The molecule has 2 unspecified atom stereocenters. The third kappa shape index (κ3) is 1.37. The average Bonchev–Trinajstić information content (AvgIpc) is 2.17. The number of hydrogen-bond donors (Lipinski definition) is 0. The topological polar surface area (TPSA) is 9.23 Å². The van der Waals surface area contributed by atoms with E-state index in [9.17, 15) is 0 Å². The lowest BCUT2D eigenvalue weighted by Crippen LogP contribution is -2.14. The van der Waals surface area contributed by atoms with Crippen molar-refractivity contribution in [1.82, 2.24) is 0 Å². The fraction of sp³-hybridized carbons (Fsp3) is 1.00. The summed E-state index contributed by atoms with van der Waals surface area (Å²) < 4.78 is 5.65. The van der Waals surface area contributed by atoms with E-state index in [0.717, 1.165) is 6.42 Å². The Kier molecular flexibility index (Phi) is 2.75. The van der Waals surface area contributed by atoms with Crippen LogP contribution in [0.15, 0.2) is 0 Å². The van der Waals surface area contributed by atoms with Crippen molar-refractivity contribution in [3.63, 3.8) is 0 Å². The van der Waals surface area contributed by atoms with Crippen molar-refractivity contribution in [3.8, 4) is 0 Å². The molecule has 0 N–H and O–H groups in total. The van der Waals surface area contributed by atoms with Crippen LogP contribution in [0, 0.1) is 11.8 Å². The molecule has 0 aromatic rings. The summed E-state index contributed by atoms with van der Waals surface area (Å²) in [5, 5.41) is 0.285. The largest absolute Gasteiger partial charge is 0.363 e. The standard InChI is InChI=1S/C8H15BrO/c1-4-7-5(2)6(3)8(9)10-7/h5-8H,4H2,1-3H3/t5?,6-,7+,8?/m0/s1. The second-order valence-electron chi connectivity index (χ2n) is 3.15. The molecule has 0 aromatic carbocycles. The van der Waals surface area contributed by atoms with Crippen molar-refractivity contribution < 1.29 is 4.74 Å². The molecule has 1 saturated heterocycles. The zero-order valence-corrected chi connectivity index (χ0v) is 8.39. The van der Waals surface area contributed by atoms with E-state index in [2.05, 4.69) is 36.7 Å². The van der Waals surface area contributed by atoms with Gasteiger partial charge in [-0.15, -0.1) is 0 Å². The number of rotatable bonds is 1. The molecule has 1 heterocycles. The Labute approximate surface area is 71.3 Å². The van der Waals surface area contributed by atoms with Crippen LogP contribution in [0.4, 0.5) is 0 Å². The van der Waals surface area contributed by atoms with Gasteiger partial charge in [-0.2, -0.15) is 0 Å². The van der Waals surface area contributed by atoms with Crippen LogP contribution >= 0.6 is 15.9 Å². The highest BCUT2D eigenvalue weighted by Gasteiger charge is 2.35. The van der Waals surface area contributed by atoms with Gasteiger partial charge >= 0.3 is 0 Å². The summed E-state index contributed by atoms with van der Waals surface area (Å²) >= 11 is 3.50. The lowest BCUT2D eigenvalue weighted by Gasteiger charge is -2.12. The minimum atomic E-state index is 0.285. The maximum atomic E-state index is 5.65. The first-order chi connectivity index (χ1) is 4.66. The fourth-order valence-corrected chi connectivity index (χ4v) is 2.22. The Bertz CT molecular complexity index is 116. The normalized spacial score (nSPS) is 48.0. The van der Waals surface area contributed by atoms with Gasteiger partial charge in [0.25, 0.3) is 0 Å². The lowest BCUT2D eigenvalue weighted by atomic mass is 9.93. The Balaban J connectivity index is 2.53. The maximum Gasteiger partial charge on any atom is 0.115 e. The summed E-state index contributed by atoms with van der Waals surface area (Å²) in [6.45, 7) is 6.68. The number of alkyl halides is 1. The molecular weight excluding hydrogens is 192 g/mol. The molecule has 0 bridgehead atoms. The van der Waals surface area contributed by atoms with Gasteiger partial charge in [-0.25, -0.2) is 0 Å².